The molecule has 1 heterocycles. The maximum absolute atomic E-state index is 5.73. The van der Waals surface area contributed by atoms with Gasteiger partial charge in [0.05, 0.1) is 0 Å². The molecule has 0 radical (unpaired) electrons. The third-order valence-corrected chi connectivity index (χ3v) is 2.41. The number of aromatic nitrogens is 1. The molecule has 0 aromatic carbocycles. The summed E-state index contributed by atoms with van der Waals surface area (Å²) in [5, 5.41) is 3.82. The number of unbranched alkanes of at least 4 members (excludes halogenated alkanes) is 2. The van der Waals surface area contributed by atoms with Crippen LogP contribution in [-0.2, 0) is 12.8 Å². The van der Waals surface area contributed by atoms with Crippen LogP contribution in [0.2, 0.25) is 0 Å². The van der Waals surface area contributed by atoms with Gasteiger partial charge in [-0.3, -0.25) is 0 Å². The zero-order chi connectivity index (χ0) is 10.4. The van der Waals surface area contributed by atoms with Crippen molar-refractivity contribution >= 4 is 5.82 Å². The number of hydrogen-bond donors (Lipinski definition) is 1. The van der Waals surface area contributed by atoms with Crippen LogP contribution < -0.4 is 5.73 Å². The van der Waals surface area contributed by atoms with Gasteiger partial charge in [-0.05, 0) is 12.8 Å². The lowest BCUT2D eigenvalue weighted by molar-refractivity contribution is 0.379. The molecular formula is C11H20N2O. The average Bonchev–Trinajstić information content (AvgIpc) is 2.51. The SMILES string of the molecule is CCCCCc1onc(N)c1CCC. The third kappa shape index (κ3) is 2.76. The summed E-state index contributed by atoms with van der Waals surface area (Å²) in [5.74, 6) is 1.58. The lowest BCUT2D eigenvalue weighted by atomic mass is 10.1. The standard InChI is InChI=1S/C11H20N2O/c1-3-5-6-8-10-9(7-4-2)11(12)13-14-10/h3-8H2,1-2H3,(H2,12,13). The van der Waals surface area contributed by atoms with E-state index in [1.807, 2.05) is 0 Å². The molecule has 0 aliphatic heterocycles. The normalized spacial score (nSPS) is 10.7. The maximum Gasteiger partial charge on any atom is 0.170 e. The van der Waals surface area contributed by atoms with Gasteiger partial charge in [-0.25, -0.2) is 0 Å². The molecule has 3 nitrogen and oxygen atoms in total. The molecule has 0 amide bonds. The summed E-state index contributed by atoms with van der Waals surface area (Å²) in [6.07, 6.45) is 6.69. The predicted octanol–water partition coefficient (Wildman–Crippen LogP) is 2.94. The Morgan fingerprint density at radius 2 is 1.93 bits per heavy atom. The second-order valence-corrected chi connectivity index (χ2v) is 3.68. The number of nitrogens with two attached hydrogens (primary N) is 1. The van der Waals surface area contributed by atoms with Crippen molar-refractivity contribution in [2.24, 2.45) is 0 Å². The highest BCUT2D eigenvalue weighted by Gasteiger charge is 2.11. The van der Waals surface area contributed by atoms with Crippen molar-refractivity contribution < 1.29 is 4.52 Å². The van der Waals surface area contributed by atoms with Crippen LogP contribution in [0.5, 0.6) is 0 Å². The van der Waals surface area contributed by atoms with Crippen LogP contribution >= 0.6 is 0 Å². The largest absolute Gasteiger partial charge is 0.381 e. The molecule has 0 fully saturated rings. The first-order valence-corrected chi connectivity index (χ1v) is 5.52. The average molecular weight is 196 g/mol. The molecule has 3 heteroatoms. The second-order valence-electron chi connectivity index (χ2n) is 3.68. The first-order valence-electron chi connectivity index (χ1n) is 5.52. The minimum Gasteiger partial charge on any atom is -0.381 e. The van der Waals surface area contributed by atoms with Crippen LogP contribution in [0.3, 0.4) is 0 Å². The molecule has 0 saturated heterocycles. The van der Waals surface area contributed by atoms with E-state index in [0.29, 0.717) is 5.82 Å². The van der Waals surface area contributed by atoms with Gasteiger partial charge in [0.1, 0.15) is 5.76 Å². The zero-order valence-corrected chi connectivity index (χ0v) is 9.18. The summed E-state index contributed by atoms with van der Waals surface area (Å²) in [6.45, 7) is 4.34. The number of nitrogens with zero attached hydrogens (tertiary/aromatic N) is 1. The zero-order valence-electron chi connectivity index (χ0n) is 9.18. The summed E-state index contributed by atoms with van der Waals surface area (Å²) in [6, 6.07) is 0. The van der Waals surface area contributed by atoms with Crippen LogP contribution in [0.25, 0.3) is 0 Å². The lowest BCUT2D eigenvalue weighted by Gasteiger charge is -1.99. The molecule has 14 heavy (non-hydrogen) atoms. The number of hydrogen-bond acceptors (Lipinski definition) is 3. The first kappa shape index (κ1) is 11.1. The van der Waals surface area contributed by atoms with Crippen LogP contribution in [0.15, 0.2) is 4.52 Å². The van der Waals surface area contributed by atoms with Gasteiger partial charge in [-0.2, -0.15) is 0 Å². The van der Waals surface area contributed by atoms with Crippen LogP contribution in [0.4, 0.5) is 5.82 Å². The highest BCUT2D eigenvalue weighted by Crippen LogP contribution is 2.20. The molecule has 0 spiro atoms. The molecule has 0 atom stereocenters. The van der Waals surface area contributed by atoms with Crippen molar-refractivity contribution in [3.8, 4) is 0 Å². The first-order chi connectivity index (χ1) is 6.79. The number of anilines is 1. The molecule has 0 aliphatic rings. The Morgan fingerprint density at radius 1 is 1.14 bits per heavy atom. The van der Waals surface area contributed by atoms with E-state index in [1.54, 1.807) is 0 Å². The van der Waals surface area contributed by atoms with Gasteiger partial charge in [0.25, 0.3) is 0 Å². The fraction of sp³-hybridized carbons (Fsp3) is 0.727. The fourth-order valence-electron chi connectivity index (χ4n) is 1.61. The Kier molecular flexibility index (Phi) is 4.50. The van der Waals surface area contributed by atoms with Crippen molar-refractivity contribution in [1.29, 1.82) is 0 Å². The monoisotopic (exact) mass is 196 g/mol. The van der Waals surface area contributed by atoms with Gasteiger partial charge in [0.2, 0.25) is 0 Å². The van der Waals surface area contributed by atoms with Gasteiger partial charge in [-0.1, -0.05) is 38.3 Å². The summed E-state index contributed by atoms with van der Waals surface area (Å²) in [4.78, 5) is 0. The smallest absolute Gasteiger partial charge is 0.170 e. The van der Waals surface area contributed by atoms with Crippen LogP contribution in [0.1, 0.15) is 50.9 Å². The van der Waals surface area contributed by atoms with Gasteiger partial charge in [0.15, 0.2) is 5.82 Å². The van der Waals surface area contributed by atoms with E-state index in [0.717, 1.165) is 30.6 Å². The Balaban J connectivity index is 2.56. The van der Waals surface area contributed by atoms with E-state index < -0.39 is 0 Å². The van der Waals surface area contributed by atoms with E-state index >= 15 is 0 Å². The van der Waals surface area contributed by atoms with Crippen molar-refractivity contribution in [2.45, 2.75) is 52.4 Å². The molecule has 1 aromatic heterocycles. The van der Waals surface area contributed by atoms with E-state index in [2.05, 4.69) is 19.0 Å². The molecule has 80 valence electrons. The molecule has 0 unspecified atom stereocenters. The quantitative estimate of drug-likeness (QED) is 0.712. The summed E-state index contributed by atoms with van der Waals surface area (Å²) in [5.41, 5.74) is 6.86. The topological polar surface area (TPSA) is 52.0 Å². The Morgan fingerprint density at radius 3 is 2.57 bits per heavy atom. The number of aryl methyl sites for hydroxylation is 1. The molecule has 1 rings (SSSR count). The minimum atomic E-state index is 0.582. The molecule has 0 aliphatic carbocycles. The van der Waals surface area contributed by atoms with Gasteiger partial charge < -0.3 is 10.3 Å². The predicted molar refractivity (Wildman–Crippen MR) is 58.1 cm³/mol. The molecule has 2 N–H and O–H groups in total. The maximum atomic E-state index is 5.73. The highest BCUT2D eigenvalue weighted by atomic mass is 16.5. The number of rotatable bonds is 6. The highest BCUT2D eigenvalue weighted by molar-refractivity contribution is 5.40. The molecule has 1 aromatic rings. The Bertz CT molecular complexity index is 268. The van der Waals surface area contributed by atoms with E-state index in [9.17, 15) is 0 Å². The van der Waals surface area contributed by atoms with E-state index in [-0.39, 0.29) is 0 Å². The van der Waals surface area contributed by atoms with E-state index in [1.165, 1.54) is 19.3 Å². The van der Waals surface area contributed by atoms with Crippen molar-refractivity contribution in [1.82, 2.24) is 5.16 Å². The van der Waals surface area contributed by atoms with Crippen molar-refractivity contribution in [3.05, 3.63) is 11.3 Å². The third-order valence-electron chi connectivity index (χ3n) is 2.41. The summed E-state index contributed by atoms with van der Waals surface area (Å²) >= 11 is 0. The Hall–Kier alpha value is -0.990. The van der Waals surface area contributed by atoms with Gasteiger partial charge in [-0.15, -0.1) is 0 Å². The van der Waals surface area contributed by atoms with Crippen molar-refractivity contribution in [3.63, 3.8) is 0 Å². The lowest BCUT2D eigenvalue weighted by Crippen LogP contribution is -1.95. The summed E-state index contributed by atoms with van der Waals surface area (Å²) in [7, 11) is 0. The molecule has 0 saturated carbocycles. The molecule has 0 bridgehead atoms. The molecular weight excluding hydrogens is 176 g/mol. The minimum absolute atomic E-state index is 0.582. The fourth-order valence-corrected chi connectivity index (χ4v) is 1.61. The Labute approximate surface area is 85.7 Å². The van der Waals surface area contributed by atoms with Gasteiger partial charge in [0, 0.05) is 12.0 Å². The van der Waals surface area contributed by atoms with Crippen LogP contribution in [0, 0.1) is 0 Å². The van der Waals surface area contributed by atoms with Crippen molar-refractivity contribution in [2.75, 3.05) is 5.73 Å². The van der Waals surface area contributed by atoms with E-state index in [4.69, 9.17) is 10.3 Å². The summed E-state index contributed by atoms with van der Waals surface area (Å²) < 4.78 is 5.22. The number of nitrogen functional groups attached to an aromatic ring is 1. The van der Waals surface area contributed by atoms with Crippen LogP contribution in [-0.4, -0.2) is 5.16 Å². The second kappa shape index (κ2) is 5.68. The van der Waals surface area contributed by atoms with Gasteiger partial charge >= 0.3 is 0 Å².